The summed E-state index contributed by atoms with van der Waals surface area (Å²) in [6.45, 7) is 6.81. The highest BCUT2D eigenvalue weighted by molar-refractivity contribution is 7.91. The van der Waals surface area contributed by atoms with E-state index in [0.29, 0.717) is 6.42 Å². The molecule has 1 aliphatic rings. The molecular weight excluding hydrogens is 282 g/mol. The van der Waals surface area contributed by atoms with Gasteiger partial charge in [-0.05, 0) is 13.3 Å². The molecule has 1 amide bonds. The molecule has 1 fully saturated rings. The van der Waals surface area contributed by atoms with Crippen molar-refractivity contribution in [2.75, 3.05) is 18.6 Å². The third-order valence-corrected chi connectivity index (χ3v) is 5.19. The Bertz CT molecular complexity index is 491. The number of rotatable bonds is 3. The van der Waals surface area contributed by atoms with Gasteiger partial charge >= 0.3 is 5.97 Å². The molecule has 0 unspecified atom stereocenters. The van der Waals surface area contributed by atoms with E-state index < -0.39 is 33.3 Å². The fourth-order valence-corrected chi connectivity index (χ4v) is 4.04. The van der Waals surface area contributed by atoms with E-state index in [2.05, 4.69) is 4.74 Å². The van der Waals surface area contributed by atoms with Crippen LogP contribution in [0.4, 0.5) is 0 Å². The summed E-state index contributed by atoms with van der Waals surface area (Å²) < 4.78 is 27.9. The summed E-state index contributed by atoms with van der Waals surface area (Å²) in [5.41, 5.74) is -0.686. The highest BCUT2D eigenvalue weighted by Gasteiger charge is 2.42. The molecule has 0 radical (unpaired) electrons. The zero-order valence-corrected chi connectivity index (χ0v) is 13.5. The second kappa shape index (κ2) is 5.71. The molecule has 0 bridgehead atoms. The minimum atomic E-state index is -3.13. The molecule has 1 heterocycles. The minimum Gasteiger partial charge on any atom is -0.467 e. The molecule has 2 atom stereocenters. The summed E-state index contributed by atoms with van der Waals surface area (Å²) in [6, 6.07) is -1.24. The van der Waals surface area contributed by atoms with Gasteiger partial charge in [0.25, 0.3) is 0 Å². The average Bonchev–Trinajstić information content (AvgIpc) is 2.67. The molecule has 0 saturated carbocycles. The SMILES string of the molecule is COC(=O)[C@H](C)N(C(=O)C(C)(C)C)[C@@H]1CCS(=O)(=O)C1. The Morgan fingerprint density at radius 2 is 1.85 bits per heavy atom. The molecule has 1 rings (SSSR count). The smallest absolute Gasteiger partial charge is 0.328 e. The molecule has 0 N–H and O–H groups in total. The first-order valence-corrected chi connectivity index (χ1v) is 8.43. The van der Waals surface area contributed by atoms with E-state index >= 15 is 0 Å². The largest absolute Gasteiger partial charge is 0.467 e. The second-order valence-corrected chi connectivity index (χ2v) is 8.45. The summed E-state index contributed by atoms with van der Waals surface area (Å²) in [5, 5.41) is 0. The number of amides is 1. The summed E-state index contributed by atoms with van der Waals surface area (Å²) in [6.07, 6.45) is 0.367. The lowest BCUT2D eigenvalue weighted by Crippen LogP contribution is -2.53. The van der Waals surface area contributed by atoms with Gasteiger partial charge in [-0.3, -0.25) is 4.79 Å². The Labute approximate surface area is 120 Å². The predicted molar refractivity (Wildman–Crippen MR) is 74.8 cm³/mol. The quantitative estimate of drug-likeness (QED) is 0.714. The van der Waals surface area contributed by atoms with E-state index in [9.17, 15) is 18.0 Å². The van der Waals surface area contributed by atoms with Crippen LogP contribution < -0.4 is 0 Å². The number of hydrogen-bond acceptors (Lipinski definition) is 5. The van der Waals surface area contributed by atoms with Crippen molar-refractivity contribution < 1.29 is 22.7 Å². The van der Waals surface area contributed by atoms with Gasteiger partial charge in [0.05, 0.1) is 18.6 Å². The van der Waals surface area contributed by atoms with Crippen LogP contribution in [0.15, 0.2) is 0 Å². The fraction of sp³-hybridized carbons (Fsp3) is 0.846. The molecule has 0 aromatic heterocycles. The van der Waals surface area contributed by atoms with Gasteiger partial charge in [-0.15, -0.1) is 0 Å². The number of carbonyl (C=O) groups excluding carboxylic acids is 2. The van der Waals surface area contributed by atoms with Gasteiger partial charge in [-0.25, -0.2) is 13.2 Å². The van der Waals surface area contributed by atoms with Gasteiger partial charge in [0.15, 0.2) is 9.84 Å². The summed E-state index contributed by atoms with van der Waals surface area (Å²) in [7, 11) is -1.88. The van der Waals surface area contributed by atoms with E-state index in [4.69, 9.17) is 0 Å². The second-order valence-electron chi connectivity index (χ2n) is 6.22. The molecule has 20 heavy (non-hydrogen) atoms. The lowest BCUT2D eigenvalue weighted by atomic mass is 9.92. The van der Waals surface area contributed by atoms with Crippen molar-refractivity contribution in [3.8, 4) is 0 Å². The van der Waals surface area contributed by atoms with Crippen LogP contribution in [-0.4, -0.2) is 55.9 Å². The Morgan fingerprint density at radius 1 is 1.30 bits per heavy atom. The number of nitrogens with zero attached hydrogens (tertiary/aromatic N) is 1. The Morgan fingerprint density at radius 3 is 2.20 bits per heavy atom. The van der Waals surface area contributed by atoms with Crippen molar-refractivity contribution in [2.45, 2.75) is 46.2 Å². The summed E-state index contributed by atoms with van der Waals surface area (Å²) >= 11 is 0. The van der Waals surface area contributed by atoms with Crippen LogP contribution in [0.2, 0.25) is 0 Å². The van der Waals surface area contributed by atoms with Gasteiger partial charge in [0.2, 0.25) is 5.91 Å². The average molecular weight is 305 g/mol. The molecule has 116 valence electrons. The monoisotopic (exact) mass is 305 g/mol. The minimum absolute atomic E-state index is 0.0550. The van der Waals surface area contributed by atoms with Crippen molar-refractivity contribution in [2.24, 2.45) is 5.41 Å². The number of hydrogen-bond donors (Lipinski definition) is 0. The van der Waals surface area contributed by atoms with Crippen molar-refractivity contribution in [3.05, 3.63) is 0 Å². The van der Waals surface area contributed by atoms with Crippen molar-refractivity contribution in [1.29, 1.82) is 0 Å². The van der Waals surface area contributed by atoms with E-state index in [1.807, 2.05) is 0 Å². The van der Waals surface area contributed by atoms with E-state index in [0.717, 1.165) is 0 Å². The predicted octanol–water partition coefficient (Wildman–Crippen LogP) is 0.610. The lowest BCUT2D eigenvalue weighted by Gasteiger charge is -2.36. The van der Waals surface area contributed by atoms with E-state index in [1.165, 1.54) is 12.0 Å². The van der Waals surface area contributed by atoms with E-state index in [-0.39, 0.29) is 17.4 Å². The highest BCUT2D eigenvalue weighted by atomic mass is 32.2. The number of carbonyl (C=O) groups is 2. The number of sulfone groups is 1. The Hall–Kier alpha value is -1.11. The third kappa shape index (κ3) is 3.71. The molecular formula is C13H23NO5S. The molecule has 0 aliphatic carbocycles. The first-order chi connectivity index (χ1) is 8.99. The zero-order chi connectivity index (χ0) is 15.7. The fourth-order valence-electron chi connectivity index (χ4n) is 2.32. The normalized spacial score (nSPS) is 23.1. The first-order valence-electron chi connectivity index (χ1n) is 6.60. The molecule has 7 heteroatoms. The van der Waals surface area contributed by atoms with Crippen LogP contribution in [0.3, 0.4) is 0 Å². The summed E-state index contributed by atoms with van der Waals surface area (Å²) in [4.78, 5) is 25.7. The van der Waals surface area contributed by atoms with E-state index in [1.54, 1.807) is 27.7 Å². The maximum Gasteiger partial charge on any atom is 0.328 e. The maximum absolute atomic E-state index is 12.5. The standard InChI is InChI=1S/C13H23NO5S/c1-9(11(15)19-5)14(12(16)13(2,3)4)10-6-7-20(17,18)8-10/h9-10H,6-8H2,1-5H3/t9-,10+/m0/s1. The van der Waals surface area contributed by atoms with Crippen LogP contribution in [0.1, 0.15) is 34.1 Å². The maximum atomic E-state index is 12.5. The number of methoxy groups -OCH3 is 1. The third-order valence-electron chi connectivity index (χ3n) is 3.44. The zero-order valence-electron chi connectivity index (χ0n) is 12.7. The van der Waals surface area contributed by atoms with Crippen LogP contribution >= 0.6 is 0 Å². The van der Waals surface area contributed by atoms with Gasteiger partial charge in [0, 0.05) is 11.5 Å². The van der Waals surface area contributed by atoms with Crippen molar-refractivity contribution in [3.63, 3.8) is 0 Å². The number of esters is 1. The van der Waals surface area contributed by atoms with Crippen LogP contribution in [0, 0.1) is 5.41 Å². The van der Waals surface area contributed by atoms with Gasteiger partial charge < -0.3 is 9.64 Å². The first kappa shape index (κ1) is 16.9. The van der Waals surface area contributed by atoms with Crippen molar-refractivity contribution in [1.82, 2.24) is 4.90 Å². The Balaban J connectivity index is 3.09. The molecule has 0 aromatic rings. The molecule has 0 spiro atoms. The molecule has 1 aliphatic heterocycles. The van der Waals surface area contributed by atoms with Crippen LogP contribution in [0.25, 0.3) is 0 Å². The van der Waals surface area contributed by atoms with Crippen LogP contribution in [-0.2, 0) is 24.2 Å². The van der Waals surface area contributed by atoms with Crippen molar-refractivity contribution >= 4 is 21.7 Å². The lowest BCUT2D eigenvalue weighted by molar-refractivity contribution is -0.157. The number of ether oxygens (including phenoxy) is 1. The van der Waals surface area contributed by atoms with Gasteiger partial charge in [-0.1, -0.05) is 20.8 Å². The molecule has 0 aromatic carbocycles. The van der Waals surface area contributed by atoms with Crippen LogP contribution in [0.5, 0.6) is 0 Å². The highest BCUT2D eigenvalue weighted by Crippen LogP contribution is 2.26. The topological polar surface area (TPSA) is 80.8 Å². The molecule has 6 nitrogen and oxygen atoms in total. The Kier molecular flexibility index (Phi) is 4.84. The molecule has 1 saturated heterocycles. The van der Waals surface area contributed by atoms with Gasteiger partial charge in [-0.2, -0.15) is 0 Å². The summed E-state index contributed by atoms with van der Waals surface area (Å²) in [5.74, 6) is -0.806. The van der Waals surface area contributed by atoms with Gasteiger partial charge in [0.1, 0.15) is 6.04 Å².